The fraction of sp³-hybridized carbons (Fsp3) is 0.154. The molecule has 3 nitrogen and oxygen atoms in total. The molecule has 1 heterocycles. The molecule has 0 spiro atoms. The molecule has 2 aromatic rings. The maximum absolute atomic E-state index is 12.7. The van der Waals surface area contributed by atoms with Crippen LogP contribution in [0.25, 0.3) is 0 Å². The molecule has 0 saturated carbocycles. The standard InChI is InChI=1S/C13H12ClFN2O/c1-8(12-4-2-9(15)7-16-12)17-10-3-5-13(18)11(14)6-10/h2-8,17-18H,1H3. The van der Waals surface area contributed by atoms with Gasteiger partial charge in [0, 0.05) is 5.69 Å². The lowest BCUT2D eigenvalue weighted by Gasteiger charge is -2.15. The van der Waals surface area contributed by atoms with E-state index < -0.39 is 0 Å². The van der Waals surface area contributed by atoms with Gasteiger partial charge in [-0.05, 0) is 37.3 Å². The summed E-state index contributed by atoms with van der Waals surface area (Å²) in [6, 6.07) is 7.73. The lowest BCUT2D eigenvalue weighted by Crippen LogP contribution is -2.08. The lowest BCUT2D eigenvalue weighted by atomic mass is 10.2. The highest BCUT2D eigenvalue weighted by Gasteiger charge is 2.08. The highest BCUT2D eigenvalue weighted by atomic mass is 35.5. The largest absolute Gasteiger partial charge is 0.506 e. The minimum absolute atomic E-state index is 0.0368. The van der Waals surface area contributed by atoms with E-state index in [0.29, 0.717) is 0 Å². The molecule has 5 heteroatoms. The third-order valence-corrected chi connectivity index (χ3v) is 2.83. The van der Waals surface area contributed by atoms with Crippen molar-refractivity contribution < 1.29 is 9.50 Å². The van der Waals surface area contributed by atoms with Gasteiger partial charge in [-0.2, -0.15) is 0 Å². The molecule has 1 unspecified atom stereocenters. The van der Waals surface area contributed by atoms with E-state index in [1.807, 2.05) is 6.92 Å². The van der Waals surface area contributed by atoms with Crippen molar-refractivity contribution in [2.24, 2.45) is 0 Å². The van der Waals surface area contributed by atoms with Crippen LogP contribution in [0.4, 0.5) is 10.1 Å². The van der Waals surface area contributed by atoms with Crippen molar-refractivity contribution in [3.63, 3.8) is 0 Å². The minimum atomic E-state index is -0.362. The highest BCUT2D eigenvalue weighted by molar-refractivity contribution is 6.32. The van der Waals surface area contributed by atoms with Crippen LogP contribution >= 0.6 is 11.6 Å². The summed E-state index contributed by atoms with van der Waals surface area (Å²) in [7, 11) is 0. The molecule has 0 aliphatic heterocycles. The van der Waals surface area contributed by atoms with Crippen LogP contribution in [-0.4, -0.2) is 10.1 Å². The Morgan fingerprint density at radius 2 is 2.11 bits per heavy atom. The van der Waals surface area contributed by atoms with E-state index in [-0.39, 0.29) is 22.6 Å². The fourth-order valence-corrected chi connectivity index (χ4v) is 1.74. The predicted molar refractivity (Wildman–Crippen MR) is 69.3 cm³/mol. The van der Waals surface area contributed by atoms with Crippen molar-refractivity contribution >= 4 is 17.3 Å². The first kappa shape index (κ1) is 12.6. The normalized spacial score (nSPS) is 12.2. The average molecular weight is 267 g/mol. The van der Waals surface area contributed by atoms with Gasteiger partial charge >= 0.3 is 0 Å². The number of phenols is 1. The molecular weight excluding hydrogens is 255 g/mol. The second-order valence-electron chi connectivity index (χ2n) is 3.93. The number of aromatic hydroxyl groups is 1. The zero-order valence-electron chi connectivity index (χ0n) is 9.69. The number of hydrogen-bond donors (Lipinski definition) is 2. The summed E-state index contributed by atoms with van der Waals surface area (Å²) in [5.41, 5.74) is 1.48. The number of halogens is 2. The van der Waals surface area contributed by atoms with Crippen molar-refractivity contribution in [1.29, 1.82) is 0 Å². The van der Waals surface area contributed by atoms with Crippen LogP contribution < -0.4 is 5.32 Å². The third-order valence-electron chi connectivity index (χ3n) is 2.52. The van der Waals surface area contributed by atoms with E-state index in [1.165, 1.54) is 18.3 Å². The Morgan fingerprint density at radius 3 is 2.72 bits per heavy atom. The monoisotopic (exact) mass is 266 g/mol. The zero-order chi connectivity index (χ0) is 13.1. The number of pyridine rings is 1. The molecule has 0 saturated heterocycles. The predicted octanol–water partition coefficient (Wildman–Crippen LogP) is 3.75. The van der Waals surface area contributed by atoms with Crippen molar-refractivity contribution in [2.45, 2.75) is 13.0 Å². The zero-order valence-corrected chi connectivity index (χ0v) is 10.4. The fourth-order valence-electron chi connectivity index (χ4n) is 1.56. The Morgan fingerprint density at radius 1 is 1.33 bits per heavy atom. The molecule has 1 atom stereocenters. The minimum Gasteiger partial charge on any atom is -0.506 e. The Labute approximate surface area is 109 Å². The van der Waals surface area contributed by atoms with Crippen LogP contribution in [-0.2, 0) is 0 Å². The van der Waals surface area contributed by atoms with Crippen LogP contribution in [0.15, 0.2) is 36.5 Å². The van der Waals surface area contributed by atoms with E-state index in [2.05, 4.69) is 10.3 Å². The summed E-state index contributed by atoms with van der Waals surface area (Å²) in [5, 5.41) is 12.8. The van der Waals surface area contributed by atoms with Gasteiger partial charge in [0.05, 0.1) is 23.0 Å². The number of anilines is 1. The molecule has 94 valence electrons. The number of rotatable bonds is 3. The molecule has 18 heavy (non-hydrogen) atoms. The summed E-state index contributed by atoms with van der Waals surface area (Å²) in [4.78, 5) is 3.99. The molecular formula is C13H12ClFN2O. The second-order valence-corrected chi connectivity index (χ2v) is 4.34. The van der Waals surface area contributed by atoms with Crippen LogP contribution in [0.5, 0.6) is 5.75 Å². The Hall–Kier alpha value is -1.81. The maximum atomic E-state index is 12.7. The van der Waals surface area contributed by atoms with Gasteiger partial charge in [0.15, 0.2) is 0 Å². The second kappa shape index (κ2) is 5.23. The summed E-state index contributed by atoms with van der Waals surface area (Å²) in [6.45, 7) is 1.90. The van der Waals surface area contributed by atoms with Crippen molar-refractivity contribution in [3.8, 4) is 5.75 Å². The SMILES string of the molecule is CC(Nc1ccc(O)c(Cl)c1)c1ccc(F)cn1. The van der Waals surface area contributed by atoms with Gasteiger partial charge in [0.1, 0.15) is 11.6 Å². The van der Waals surface area contributed by atoms with Crippen LogP contribution in [0.1, 0.15) is 18.7 Å². The Balaban J connectivity index is 2.13. The smallest absolute Gasteiger partial charge is 0.141 e. The van der Waals surface area contributed by atoms with Crippen LogP contribution in [0.2, 0.25) is 5.02 Å². The first-order valence-corrected chi connectivity index (χ1v) is 5.80. The molecule has 0 fully saturated rings. The van der Waals surface area contributed by atoms with Gasteiger partial charge in [-0.25, -0.2) is 4.39 Å². The van der Waals surface area contributed by atoms with Gasteiger partial charge in [0.2, 0.25) is 0 Å². The third kappa shape index (κ3) is 2.90. The molecule has 1 aromatic heterocycles. The van der Waals surface area contributed by atoms with Gasteiger partial charge in [-0.15, -0.1) is 0 Å². The molecule has 2 N–H and O–H groups in total. The molecule has 0 aliphatic rings. The van der Waals surface area contributed by atoms with E-state index in [0.717, 1.165) is 11.4 Å². The Kier molecular flexibility index (Phi) is 3.67. The number of benzene rings is 1. The summed E-state index contributed by atoms with van der Waals surface area (Å²) >= 11 is 5.81. The van der Waals surface area contributed by atoms with Crippen molar-refractivity contribution in [2.75, 3.05) is 5.32 Å². The summed E-state index contributed by atoms with van der Waals surface area (Å²) in [5.74, 6) is -0.326. The van der Waals surface area contributed by atoms with Gasteiger partial charge in [0.25, 0.3) is 0 Å². The van der Waals surface area contributed by atoms with Crippen molar-refractivity contribution in [3.05, 3.63) is 53.1 Å². The molecule has 0 bridgehead atoms. The van der Waals surface area contributed by atoms with Crippen LogP contribution in [0.3, 0.4) is 0 Å². The molecule has 0 radical (unpaired) electrons. The number of nitrogens with zero attached hydrogens (tertiary/aromatic N) is 1. The average Bonchev–Trinajstić information content (AvgIpc) is 2.34. The van der Waals surface area contributed by atoms with Gasteiger partial charge in [-0.1, -0.05) is 11.6 Å². The molecule has 2 rings (SSSR count). The molecule has 0 aliphatic carbocycles. The first-order valence-electron chi connectivity index (χ1n) is 5.43. The number of hydrogen-bond acceptors (Lipinski definition) is 3. The number of aromatic nitrogens is 1. The Bertz CT molecular complexity index is 545. The molecule has 0 amide bonds. The lowest BCUT2D eigenvalue weighted by molar-refractivity contribution is 0.475. The van der Waals surface area contributed by atoms with E-state index in [4.69, 9.17) is 11.6 Å². The van der Waals surface area contributed by atoms with Gasteiger partial charge < -0.3 is 10.4 Å². The van der Waals surface area contributed by atoms with E-state index in [9.17, 15) is 9.50 Å². The van der Waals surface area contributed by atoms with Crippen LogP contribution in [0, 0.1) is 5.82 Å². The van der Waals surface area contributed by atoms with Crippen molar-refractivity contribution in [1.82, 2.24) is 4.98 Å². The van der Waals surface area contributed by atoms with E-state index >= 15 is 0 Å². The number of phenolic OH excluding ortho intramolecular Hbond substituents is 1. The molecule has 1 aromatic carbocycles. The topological polar surface area (TPSA) is 45.1 Å². The maximum Gasteiger partial charge on any atom is 0.141 e. The first-order chi connectivity index (χ1) is 8.56. The summed E-state index contributed by atoms with van der Waals surface area (Å²) < 4.78 is 12.7. The number of nitrogens with one attached hydrogen (secondary N) is 1. The summed E-state index contributed by atoms with van der Waals surface area (Å²) in [6.07, 6.45) is 1.18. The highest BCUT2D eigenvalue weighted by Crippen LogP contribution is 2.27. The quantitative estimate of drug-likeness (QED) is 0.832. The van der Waals surface area contributed by atoms with E-state index in [1.54, 1.807) is 18.2 Å². The van der Waals surface area contributed by atoms with Gasteiger partial charge in [-0.3, -0.25) is 4.98 Å².